The van der Waals surface area contributed by atoms with Gasteiger partial charge in [0.2, 0.25) is 0 Å². The third kappa shape index (κ3) is 6.05. The molecule has 98 valence electrons. The van der Waals surface area contributed by atoms with E-state index >= 15 is 0 Å². The molecule has 1 fully saturated rings. The number of aliphatic imine (C=N–C) groups is 1. The van der Waals surface area contributed by atoms with Crippen molar-refractivity contribution < 1.29 is 9.53 Å². The highest BCUT2D eigenvalue weighted by Crippen LogP contribution is 2.08. The van der Waals surface area contributed by atoms with Gasteiger partial charge in [0.25, 0.3) is 5.24 Å². The van der Waals surface area contributed by atoms with Crippen LogP contribution in [0.3, 0.4) is 0 Å². The summed E-state index contributed by atoms with van der Waals surface area (Å²) in [5.41, 5.74) is 0. The van der Waals surface area contributed by atoms with Crippen LogP contribution in [-0.4, -0.2) is 61.1 Å². The van der Waals surface area contributed by atoms with E-state index in [1.165, 1.54) is 11.8 Å². The highest BCUT2D eigenvalue weighted by Gasteiger charge is 2.15. The van der Waals surface area contributed by atoms with Gasteiger partial charge in [0, 0.05) is 6.54 Å². The maximum atomic E-state index is 10.9. The van der Waals surface area contributed by atoms with E-state index < -0.39 is 0 Å². The smallest absolute Gasteiger partial charge is 0.284 e. The lowest BCUT2D eigenvalue weighted by Crippen LogP contribution is -2.27. The van der Waals surface area contributed by atoms with Crippen LogP contribution in [0.1, 0.15) is 13.8 Å². The van der Waals surface area contributed by atoms with Crippen molar-refractivity contribution in [3.8, 4) is 0 Å². The number of nitrogens with one attached hydrogen (secondary N) is 1. The minimum absolute atomic E-state index is 0.00815. The van der Waals surface area contributed by atoms with E-state index in [4.69, 9.17) is 4.74 Å². The minimum atomic E-state index is -0.00815. The summed E-state index contributed by atoms with van der Waals surface area (Å²) in [4.78, 5) is 17.4. The number of amidine groups is 1. The maximum Gasteiger partial charge on any atom is 0.284 e. The molecule has 0 bridgehead atoms. The lowest BCUT2D eigenvalue weighted by molar-refractivity contribution is 0.113. The molecule has 0 aromatic rings. The number of carbonyl (C=O) groups excluding carboxylic acids is 1. The number of amides is 1. The second kappa shape index (κ2) is 8.49. The predicted molar refractivity (Wildman–Crippen MR) is 71.9 cm³/mol. The second-order valence-electron chi connectivity index (χ2n) is 3.67. The number of rotatable bonds is 8. The molecule has 1 saturated heterocycles. The third-order valence-electron chi connectivity index (χ3n) is 2.57. The lowest BCUT2D eigenvalue weighted by atomic mass is 10.5. The molecule has 5 nitrogen and oxygen atoms in total. The number of hydrogen-bond acceptors (Lipinski definition) is 5. The molecule has 6 heteroatoms. The van der Waals surface area contributed by atoms with Crippen molar-refractivity contribution in [3.63, 3.8) is 0 Å². The van der Waals surface area contributed by atoms with Crippen LogP contribution >= 0.6 is 11.8 Å². The van der Waals surface area contributed by atoms with Gasteiger partial charge in [0.1, 0.15) is 5.84 Å². The van der Waals surface area contributed by atoms with Crippen molar-refractivity contribution in [2.45, 2.75) is 13.8 Å². The van der Waals surface area contributed by atoms with Gasteiger partial charge in [-0.25, -0.2) is 0 Å². The molecule has 1 N–H and O–H groups in total. The van der Waals surface area contributed by atoms with Crippen molar-refractivity contribution in [3.05, 3.63) is 0 Å². The fourth-order valence-electron chi connectivity index (χ4n) is 1.49. The molecule has 0 atom stereocenters. The zero-order valence-electron chi connectivity index (χ0n) is 10.6. The van der Waals surface area contributed by atoms with Crippen LogP contribution in [0.2, 0.25) is 0 Å². The van der Waals surface area contributed by atoms with Crippen LogP contribution in [0.25, 0.3) is 0 Å². The van der Waals surface area contributed by atoms with Gasteiger partial charge in [0.15, 0.2) is 0 Å². The van der Waals surface area contributed by atoms with E-state index in [1.54, 1.807) is 0 Å². The van der Waals surface area contributed by atoms with Gasteiger partial charge in [-0.3, -0.25) is 9.79 Å². The summed E-state index contributed by atoms with van der Waals surface area (Å²) in [6.07, 6.45) is 0. The third-order valence-corrected chi connectivity index (χ3v) is 3.35. The number of carbonyl (C=O) groups is 1. The van der Waals surface area contributed by atoms with E-state index in [0.717, 1.165) is 32.1 Å². The van der Waals surface area contributed by atoms with Gasteiger partial charge < -0.3 is 15.0 Å². The molecule has 0 spiro atoms. The average molecular weight is 259 g/mol. The molecule has 0 radical (unpaired) electrons. The predicted octanol–water partition coefficient (Wildman–Crippen LogP) is 1.20. The van der Waals surface area contributed by atoms with E-state index in [1.807, 2.05) is 0 Å². The van der Waals surface area contributed by atoms with Crippen LogP contribution in [-0.2, 0) is 4.74 Å². The van der Waals surface area contributed by atoms with Crippen molar-refractivity contribution in [1.82, 2.24) is 10.2 Å². The lowest BCUT2D eigenvalue weighted by Gasteiger charge is -2.17. The first kappa shape index (κ1) is 14.5. The molecule has 1 aliphatic rings. The molecule has 1 aliphatic heterocycles. The fourth-order valence-corrected chi connectivity index (χ4v) is 2.11. The van der Waals surface area contributed by atoms with Crippen LogP contribution in [0.5, 0.6) is 0 Å². The topological polar surface area (TPSA) is 53.9 Å². The standard InChI is InChI=1S/C11H21N3O2S/c1-3-14(4-2)6-8-16-7-5-12-10-9-17-11(15)13-10/h3-9H2,1-2H3,(H,12,13,15). The summed E-state index contributed by atoms with van der Waals surface area (Å²) in [6, 6.07) is 0. The zero-order chi connectivity index (χ0) is 12.5. The summed E-state index contributed by atoms with van der Waals surface area (Å²) in [7, 11) is 0. The molecule has 0 unspecified atom stereocenters. The molecule has 0 aromatic heterocycles. The first-order valence-corrected chi connectivity index (χ1v) is 7.02. The molecular formula is C11H21N3O2S. The van der Waals surface area contributed by atoms with Crippen molar-refractivity contribution in [1.29, 1.82) is 0 Å². The molecule has 1 rings (SSSR count). The monoisotopic (exact) mass is 259 g/mol. The highest BCUT2D eigenvalue weighted by atomic mass is 32.2. The first-order chi connectivity index (χ1) is 8.26. The first-order valence-electron chi connectivity index (χ1n) is 6.03. The average Bonchev–Trinajstić information content (AvgIpc) is 2.74. The van der Waals surface area contributed by atoms with Gasteiger partial charge in [-0.15, -0.1) is 0 Å². The number of ether oxygens (including phenoxy) is 1. The van der Waals surface area contributed by atoms with E-state index in [9.17, 15) is 4.79 Å². The van der Waals surface area contributed by atoms with Gasteiger partial charge in [-0.1, -0.05) is 25.6 Å². The fraction of sp³-hybridized carbons (Fsp3) is 0.818. The molecular weight excluding hydrogens is 238 g/mol. The Kier molecular flexibility index (Phi) is 7.23. The molecule has 0 aliphatic carbocycles. The normalized spacial score (nSPS) is 18.1. The number of nitrogens with zero attached hydrogens (tertiary/aromatic N) is 2. The SMILES string of the molecule is CCN(CC)CCOCCN=C1CSC(=O)N1. The Hall–Kier alpha value is -0.590. The van der Waals surface area contributed by atoms with Crippen molar-refractivity contribution >= 4 is 22.8 Å². The number of hydrogen-bond donors (Lipinski definition) is 1. The molecule has 0 saturated carbocycles. The largest absolute Gasteiger partial charge is 0.378 e. The van der Waals surface area contributed by atoms with Crippen molar-refractivity contribution in [2.75, 3.05) is 45.1 Å². The summed E-state index contributed by atoms with van der Waals surface area (Å²) < 4.78 is 5.49. The van der Waals surface area contributed by atoms with Crippen LogP contribution in [0.15, 0.2) is 4.99 Å². The molecule has 0 aromatic carbocycles. The minimum Gasteiger partial charge on any atom is -0.378 e. The van der Waals surface area contributed by atoms with Crippen molar-refractivity contribution in [2.24, 2.45) is 4.99 Å². The maximum absolute atomic E-state index is 10.9. The Bertz CT molecular complexity index is 267. The van der Waals surface area contributed by atoms with E-state index in [2.05, 4.69) is 29.1 Å². The summed E-state index contributed by atoms with van der Waals surface area (Å²) in [6.45, 7) is 9.37. The zero-order valence-corrected chi connectivity index (χ0v) is 11.4. The quantitative estimate of drug-likeness (QED) is 0.666. The number of likely N-dealkylation sites (N-methyl/N-ethyl adjacent to an activating group) is 1. The summed E-state index contributed by atoms with van der Waals surface area (Å²) in [5.74, 6) is 1.44. The Morgan fingerprint density at radius 1 is 1.41 bits per heavy atom. The van der Waals surface area contributed by atoms with Gasteiger partial charge in [-0.2, -0.15) is 0 Å². The van der Waals surface area contributed by atoms with Gasteiger partial charge in [0.05, 0.1) is 25.5 Å². The van der Waals surface area contributed by atoms with Crippen LogP contribution in [0.4, 0.5) is 4.79 Å². The molecule has 1 heterocycles. The van der Waals surface area contributed by atoms with Gasteiger partial charge >= 0.3 is 0 Å². The Labute approximate surface area is 107 Å². The van der Waals surface area contributed by atoms with Crippen LogP contribution in [0, 0.1) is 0 Å². The number of thioether (sulfide) groups is 1. The summed E-state index contributed by atoms with van der Waals surface area (Å²) >= 11 is 1.26. The Balaban J connectivity index is 1.99. The summed E-state index contributed by atoms with van der Waals surface area (Å²) in [5, 5.41) is 2.68. The Morgan fingerprint density at radius 3 is 2.76 bits per heavy atom. The van der Waals surface area contributed by atoms with E-state index in [-0.39, 0.29) is 5.24 Å². The highest BCUT2D eigenvalue weighted by molar-refractivity contribution is 8.14. The molecule has 1 amide bonds. The second-order valence-corrected chi connectivity index (χ2v) is 4.62. The molecule has 17 heavy (non-hydrogen) atoms. The van der Waals surface area contributed by atoms with E-state index in [0.29, 0.717) is 18.9 Å². The Morgan fingerprint density at radius 2 is 2.18 bits per heavy atom. The van der Waals surface area contributed by atoms with Crippen LogP contribution < -0.4 is 5.32 Å². The van der Waals surface area contributed by atoms with Gasteiger partial charge in [-0.05, 0) is 13.1 Å².